The molecule has 1 aliphatic heterocycles. The maximum absolute atomic E-state index is 14.0. The summed E-state index contributed by atoms with van der Waals surface area (Å²) in [6, 6.07) is 7.37. The molecule has 2 heterocycles. The van der Waals surface area contributed by atoms with Gasteiger partial charge in [0.15, 0.2) is 5.16 Å². The van der Waals surface area contributed by atoms with Gasteiger partial charge in [-0.1, -0.05) is 36.7 Å². The fraction of sp³-hybridized carbons (Fsp3) is 0.545. The third-order valence-electron chi connectivity index (χ3n) is 6.19. The van der Waals surface area contributed by atoms with Crippen molar-refractivity contribution in [3.8, 4) is 0 Å². The van der Waals surface area contributed by atoms with E-state index in [2.05, 4.69) is 18.4 Å². The van der Waals surface area contributed by atoms with Crippen molar-refractivity contribution in [1.82, 2.24) is 14.5 Å². The minimum absolute atomic E-state index is 0.138. The molecule has 0 radical (unpaired) electrons. The van der Waals surface area contributed by atoms with Gasteiger partial charge in [-0.25, -0.2) is 9.37 Å². The Kier molecular flexibility index (Phi) is 6.13. The van der Waals surface area contributed by atoms with Crippen LogP contribution in [0.3, 0.4) is 0 Å². The third kappa shape index (κ3) is 4.29. The molecular formula is C22H29FN4OS. The molecule has 1 aliphatic carbocycles. The Bertz CT molecular complexity index is 870. The molecule has 0 spiro atoms. The maximum Gasteiger partial charge on any atom is 0.233 e. The van der Waals surface area contributed by atoms with Gasteiger partial charge in [0.25, 0.3) is 0 Å². The predicted molar refractivity (Wildman–Crippen MR) is 115 cm³/mol. The van der Waals surface area contributed by atoms with Crippen LogP contribution in [0, 0.1) is 19.7 Å². The van der Waals surface area contributed by atoms with Gasteiger partial charge in [-0.15, -0.1) is 0 Å². The van der Waals surface area contributed by atoms with E-state index in [4.69, 9.17) is 4.98 Å². The van der Waals surface area contributed by atoms with Gasteiger partial charge in [0.1, 0.15) is 5.82 Å². The zero-order valence-corrected chi connectivity index (χ0v) is 18.1. The molecule has 1 amide bonds. The van der Waals surface area contributed by atoms with Crippen molar-refractivity contribution >= 4 is 23.4 Å². The number of hydrogen-bond donors (Lipinski definition) is 0. The first-order valence-electron chi connectivity index (χ1n) is 10.5. The predicted octanol–water partition coefficient (Wildman–Crippen LogP) is 4.20. The highest BCUT2D eigenvalue weighted by Gasteiger charge is 2.26. The number of benzene rings is 1. The van der Waals surface area contributed by atoms with Crippen LogP contribution in [0.4, 0.5) is 10.1 Å². The van der Waals surface area contributed by atoms with Crippen LogP contribution in [0.1, 0.15) is 43.1 Å². The first-order valence-corrected chi connectivity index (χ1v) is 11.5. The van der Waals surface area contributed by atoms with E-state index in [0.29, 0.717) is 43.7 Å². The number of imidazole rings is 1. The number of aryl methyl sites for hydroxylation is 1. The van der Waals surface area contributed by atoms with Crippen molar-refractivity contribution in [2.75, 3.05) is 36.8 Å². The number of hydrogen-bond acceptors (Lipinski definition) is 4. The Morgan fingerprint density at radius 1 is 1.14 bits per heavy atom. The summed E-state index contributed by atoms with van der Waals surface area (Å²) in [6.45, 7) is 6.76. The van der Waals surface area contributed by atoms with E-state index in [1.807, 2.05) is 15.9 Å². The van der Waals surface area contributed by atoms with Crippen LogP contribution >= 0.6 is 11.8 Å². The Balaban J connectivity index is 1.34. The van der Waals surface area contributed by atoms with E-state index in [0.717, 1.165) is 10.9 Å². The highest BCUT2D eigenvalue weighted by atomic mass is 32.2. The number of carbonyl (C=O) groups excluding carboxylic acids is 1. The third-order valence-corrected chi connectivity index (χ3v) is 7.13. The molecule has 1 saturated heterocycles. The van der Waals surface area contributed by atoms with Crippen molar-refractivity contribution in [3.05, 3.63) is 41.5 Å². The summed E-state index contributed by atoms with van der Waals surface area (Å²) in [4.78, 5) is 21.4. The van der Waals surface area contributed by atoms with Crippen LogP contribution in [0.25, 0.3) is 0 Å². The van der Waals surface area contributed by atoms with Gasteiger partial charge in [-0.05, 0) is 38.8 Å². The highest BCUT2D eigenvalue weighted by molar-refractivity contribution is 7.99. The summed E-state index contributed by atoms with van der Waals surface area (Å²) in [6.07, 6.45) is 4.96. The molecule has 156 valence electrons. The number of amides is 1. The summed E-state index contributed by atoms with van der Waals surface area (Å²) < 4.78 is 16.4. The summed E-state index contributed by atoms with van der Waals surface area (Å²) >= 11 is 1.56. The Morgan fingerprint density at radius 3 is 2.52 bits per heavy atom. The topological polar surface area (TPSA) is 41.4 Å². The molecule has 4 rings (SSSR count). The summed E-state index contributed by atoms with van der Waals surface area (Å²) in [7, 11) is 0. The quantitative estimate of drug-likeness (QED) is 0.685. The van der Waals surface area contributed by atoms with E-state index in [1.165, 1.54) is 37.4 Å². The lowest BCUT2D eigenvalue weighted by atomic mass is 10.2. The highest BCUT2D eigenvalue weighted by Crippen LogP contribution is 2.35. The molecule has 7 heteroatoms. The molecule has 1 aromatic heterocycles. The standard InChI is InChI=1S/C22H29FN4OS/c1-16-17(2)27(18-7-3-4-8-18)22(24-16)29-15-21(28)26-13-11-25(12-14-26)20-10-6-5-9-19(20)23/h5-6,9-10,18H,3-4,7-8,11-15H2,1-2H3. The Morgan fingerprint density at radius 2 is 1.83 bits per heavy atom. The van der Waals surface area contributed by atoms with Crippen LogP contribution in [-0.4, -0.2) is 52.3 Å². The molecule has 2 fully saturated rings. The van der Waals surface area contributed by atoms with Crippen molar-refractivity contribution in [2.24, 2.45) is 0 Å². The van der Waals surface area contributed by atoms with Crippen LogP contribution in [-0.2, 0) is 4.79 Å². The first-order chi connectivity index (χ1) is 14.0. The minimum atomic E-state index is -0.202. The van der Waals surface area contributed by atoms with E-state index in [9.17, 15) is 9.18 Å². The molecule has 0 unspecified atom stereocenters. The smallest absolute Gasteiger partial charge is 0.233 e. The lowest BCUT2D eigenvalue weighted by Gasteiger charge is -2.36. The molecule has 0 N–H and O–H groups in total. The number of aromatic nitrogens is 2. The maximum atomic E-state index is 14.0. The Labute approximate surface area is 176 Å². The molecular weight excluding hydrogens is 387 g/mol. The molecule has 0 atom stereocenters. The van der Waals surface area contributed by atoms with Crippen molar-refractivity contribution in [1.29, 1.82) is 0 Å². The number of carbonyl (C=O) groups is 1. The number of piperazine rings is 1. The van der Waals surface area contributed by atoms with E-state index >= 15 is 0 Å². The minimum Gasteiger partial charge on any atom is -0.366 e. The van der Waals surface area contributed by atoms with Crippen LogP contribution in [0.2, 0.25) is 0 Å². The average Bonchev–Trinajstić information content (AvgIpc) is 3.35. The molecule has 1 saturated carbocycles. The van der Waals surface area contributed by atoms with Gasteiger partial charge in [0, 0.05) is 37.9 Å². The van der Waals surface area contributed by atoms with Crippen molar-refractivity contribution in [2.45, 2.75) is 50.7 Å². The number of thioether (sulfide) groups is 1. The van der Waals surface area contributed by atoms with E-state index < -0.39 is 0 Å². The number of anilines is 1. The zero-order chi connectivity index (χ0) is 20.4. The lowest BCUT2D eigenvalue weighted by molar-refractivity contribution is -0.128. The monoisotopic (exact) mass is 416 g/mol. The summed E-state index contributed by atoms with van der Waals surface area (Å²) in [5.41, 5.74) is 2.91. The summed E-state index contributed by atoms with van der Waals surface area (Å²) in [5.74, 6) is 0.342. The SMILES string of the molecule is Cc1nc(SCC(=O)N2CCN(c3ccccc3F)CC2)n(C2CCCC2)c1C. The molecule has 5 nitrogen and oxygen atoms in total. The Hall–Kier alpha value is -2.02. The molecule has 1 aromatic carbocycles. The zero-order valence-electron chi connectivity index (χ0n) is 17.2. The number of rotatable bonds is 5. The second-order valence-electron chi connectivity index (χ2n) is 7.98. The second kappa shape index (κ2) is 8.78. The van der Waals surface area contributed by atoms with E-state index in [1.54, 1.807) is 23.9 Å². The van der Waals surface area contributed by atoms with Gasteiger partial charge in [-0.3, -0.25) is 4.79 Å². The van der Waals surface area contributed by atoms with Gasteiger partial charge < -0.3 is 14.4 Å². The lowest BCUT2D eigenvalue weighted by Crippen LogP contribution is -2.49. The average molecular weight is 417 g/mol. The molecule has 2 aromatic rings. The molecule has 2 aliphatic rings. The fourth-order valence-electron chi connectivity index (χ4n) is 4.41. The number of halogens is 1. The van der Waals surface area contributed by atoms with Gasteiger partial charge in [0.2, 0.25) is 5.91 Å². The van der Waals surface area contributed by atoms with Crippen LogP contribution < -0.4 is 4.90 Å². The normalized spacial score (nSPS) is 17.9. The largest absolute Gasteiger partial charge is 0.366 e. The summed E-state index contributed by atoms with van der Waals surface area (Å²) in [5, 5.41) is 0.977. The van der Waals surface area contributed by atoms with Crippen molar-refractivity contribution < 1.29 is 9.18 Å². The van der Waals surface area contributed by atoms with E-state index in [-0.39, 0.29) is 11.7 Å². The van der Waals surface area contributed by atoms with Gasteiger partial charge >= 0.3 is 0 Å². The van der Waals surface area contributed by atoms with Crippen LogP contribution in [0.15, 0.2) is 29.4 Å². The van der Waals surface area contributed by atoms with Crippen LogP contribution in [0.5, 0.6) is 0 Å². The van der Waals surface area contributed by atoms with Gasteiger partial charge in [-0.2, -0.15) is 0 Å². The van der Waals surface area contributed by atoms with Gasteiger partial charge in [0.05, 0.1) is 17.1 Å². The molecule has 0 bridgehead atoms. The van der Waals surface area contributed by atoms with Crippen molar-refractivity contribution in [3.63, 3.8) is 0 Å². The fourth-order valence-corrected chi connectivity index (χ4v) is 5.47. The first kappa shape index (κ1) is 20.3. The second-order valence-corrected chi connectivity index (χ2v) is 8.92. The number of para-hydroxylation sites is 1. The molecule has 29 heavy (non-hydrogen) atoms. The number of nitrogens with zero attached hydrogens (tertiary/aromatic N) is 4.